The molecule has 0 radical (unpaired) electrons. The van der Waals surface area contributed by atoms with Gasteiger partial charge in [-0.15, -0.1) is 0 Å². The summed E-state index contributed by atoms with van der Waals surface area (Å²) in [6, 6.07) is 13.2. The molecule has 1 aliphatic rings. The molecule has 2 aromatic carbocycles. The van der Waals surface area contributed by atoms with Gasteiger partial charge in [0.05, 0.1) is 0 Å². The van der Waals surface area contributed by atoms with Gasteiger partial charge in [-0.05, 0) is 34.7 Å². The third-order valence-corrected chi connectivity index (χ3v) is 3.96. The standard InChI is InChI=1S/C13H11Br/c14-12-8-7-10-6-5-9-3-1-2-4-11(9)13(10)12/h1-6,12H,7-8H2. The Morgan fingerprint density at radius 2 is 1.93 bits per heavy atom. The molecule has 2 aromatic rings. The van der Waals surface area contributed by atoms with Crippen molar-refractivity contribution in [3.8, 4) is 0 Å². The summed E-state index contributed by atoms with van der Waals surface area (Å²) in [7, 11) is 0. The van der Waals surface area contributed by atoms with Crippen molar-refractivity contribution in [2.75, 3.05) is 0 Å². The van der Waals surface area contributed by atoms with Crippen LogP contribution in [0.2, 0.25) is 0 Å². The average Bonchev–Trinajstić information content (AvgIpc) is 2.61. The maximum Gasteiger partial charge on any atom is 0.0407 e. The third-order valence-electron chi connectivity index (χ3n) is 3.04. The molecule has 0 aromatic heterocycles. The molecule has 0 nitrogen and oxygen atoms in total. The van der Waals surface area contributed by atoms with Gasteiger partial charge in [-0.2, -0.15) is 0 Å². The van der Waals surface area contributed by atoms with Crippen molar-refractivity contribution in [3.05, 3.63) is 47.5 Å². The molecule has 0 N–H and O–H groups in total. The Bertz CT molecular complexity index is 488. The lowest BCUT2D eigenvalue weighted by Gasteiger charge is -2.07. The molecule has 0 heterocycles. The quantitative estimate of drug-likeness (QED) is 0.611. The highest BCUT2D eigenvalue weighted by molar-refractivity contribution is 9.09. The number of hydrogen-bond acceptors (Lipinski definition) is 0. The van der Waals surface area contributed by atoms with Crippen LogP contribution in [-0.2, 0) is 6.42 Å². The summed E-state index contributed by atoms with van der Waals surface area (Å²) in [6.45, 7) is 0. The van der Waals surface area contributed by atoms with Gasteiger partial charge in [-0.1, -0.05) is 52.3 Å². The summed E-state index contributed by atoms with van der Waals surface area (Å²) in [5.41, 5.74) is 3.04. The zero-order valence-electron chi connectivity index (χ0n) is 7.83. The fraction of sp³-hybridized carbons (Fsp3) is 0.231. The van der Waals surface area contributed by atoms with E-state index in [0.717, 1.165) is 0 Å². The van der Waals surface area contributed by atoms with Crippen LogP contribution in [0, 0.1) is 0 Å². The Kier molecular flexibility index (Phi) is 1.88. The van der Waals surface area contributed by atoms with E-state index in [4.69, 9.17) is 0 Å². The maximum atomic E-state index is 3.76. The van der Waals surface area contributed by atoms with Crippen molar-refractivity contribution in [2.24, 2.45) is 0 Å². The minimum atomic E-state index is 0.559. The van der Waals surface area contributed by atoms with Crippen molar-refractivity contribution in [1.82, 2.24) is 0 Å². The molecule has 0 fully saturated rings. The first-order chi connectivity index (χ1) is 6.86. The normalized spacial score (nSPS) is 19.9. The Labute approximate surface area is 92.1 Å². The van der Waals surface area contributed by atoms with E-state index in [-0.39, 0.29) is 0 Å². The molecule has 70 valence electrons. The van der Waals surface area contributed by atoms with Gasteiger partial charge in [0, 0.05) is 4.83 Å². The molecular formula is C13H11Br. The Balaban J connectivity index is 2.41. The second-order valence-corrected chi connectivity index (χ2v) is 4.97. The van der Waals surface area contributed by atoms with E-state index in [1.54, 1.807) is 0 Å². The topological polar surface area (TPSA) is 0 Å². The number of aryl methyl sites for hydroxylation is 1. The monoisotopic (exact) mass is 246 g/mol. The predicted octanol–water partition coefficient (Wildman–Crippen LogP) is 4.22. The number of fused-ring (bicyclic) bond motifs is 3. The van der Waals surface area contributed by atoms with Crippen molar-refractivity contribution in [3.63, 3.8) is 0 Å². The van der Waals surface area contributed by atoms with E-state index in [9.17, 15) is 0 Å². The van der Waals surface area contributed by atoms with Crippen LogP contribution in [0.3, 0.4) is 0 Å². The summed E-state index contributed by atoms with van der Waals surface area (Å²) >= 11 is 3.76. The van der Waals surface area contributed by atoms with Crippen LogP contribution in [0.4, 0.5) is 0 Å². The Morgan fingerprint density at radius 3 is 2.86 bits per heavy atom. The second kappa shape index (κ2) is 3.09. The first-order valence-corrected chi connectivity index (χ1v) is 5.92. The summed E-state index contributed by atoms with van der Waals surface area (Å²) in [5.74, 6) is 0. The third kappa shape index (κ3) is 1.12. The lowest BCUT2D eigenvalue weighted by atomic mass is 10.0. The summed E-state index contributed by atoms with van der Waals surface area (Å²) in [4.78, 5) is 0.559. The summed E-state index contributed by atoms with van der Waals surface area (Å²) < 4.78 is 0. The molecule has 1 aliphatic carbocycles. The zero-order valence-corrected chi connectivity index (χ0v) is 9.42. The van der Waals surface area contributed by atoms with E-state index in [1.165, 1.54) is 34.7 Å². The fourth-order valence-electron chi connectivity index (χ4n) is 2.36. The smallest absolute Gasteiger partial charge is 0.0407 e. The zero-order chi connectivity index (χ0) is 9.54. The molecule has 0 saturated heterocycles. The van der Waals surface area contributed by atoms with Crippen molar-refractivity contribution in [1.29, 1.82) is 0 Å². The number of alkyl halides is 1. The largest absolute Gasteiger partial charge is 0.0838 e. The maximum absolute atomic E-state index is 3.76. The molecule has 0 amide bonds. The summed E-state index contributed by atoms with van der Waals surface area (Å²) in [6.07, 6.45) is 2.46. The van der Waals surface area contributed by atoms with Gasteiger partial charge in [-0.25, -0.2) is 0 Å². The lowest BCUT2D eigenvalue weighted by molar-refractivity contribution is 0.905. The van der Waals surface area contributed by atoms with Gasteiger partial charge >= 0.3 is 0 Å². The van der Waals surface area contributed by atoms with Crippen LogP contribution in [-0.4, -0.2) is 0 Å². The van der Waals surface area contributed by atoms with Crippen LogP contribution >= 0.6 is 15.9 Å². The Morgan fingerprint density at radius 1 is 1.07 bits per heavy atom. The lowest BCUT2D eigenvalue weighted by Crippen LogP contribution is -1.86. The van der Waals surface area contributed by atoms with E-state index in [0.29, 0.717) is 4.83 Å². The SMILES string of the molecule is BrC1CCc2ccc3ccccc3c21. The van der Waals surface area contributed by atoms with Gasteiger partial charge in [-0.3, -0.25) is 0 Å². The van der Waals surface area contributed by atoms with E-state index >= 15 is 0 Å². The predicted molar refractivity (Wildman–Crippen MR) is 63.9 cm³/mol. The van der Waals surface area contributed by atoms with Crippen LogP contribution in [0.1, 0.15) is 22.4 Å². The van der Waals surface area contributed by atoms with Crippen LogP contribution in [0.25, 0.3) is 10.8 Å². The molecule has 1 unspecified atom stereocenters. The van der Waals surface area contributed by atoms with Gasteiger partial charge in [0.15, 0.2) is 0 Å². The second-order valence-electron chi connectivity index (χ2n) is 3.87. The molecule has 3 rings (SSSR count). The number of hydrogen-bond donors (Lipinski definition) is 0. The highest BCUT2D eigenvalue weighted by Gasteiger charge is 2.21. The van der Waals surface area contributed by atoms with Crippen molar-refractivity contribution < 1.29 is 0 Å². The molecule has 14 heavy (non-hydrogen) atoms. The number of halogens is 1. The molecule has 0 saturated carbocycles. The van der Waals surface area contributed by atoms with Crippen LogP contribution in [0.15, 0.2) is 36.4 Å². The Hall–Kier alpha value is -0.820. The molecule has 1 heteroatoms. The van der Waals surface area contributed by atoms with Gasteiger partial charge in [0.2, 0.25) is 0 Å². The first kappa shape index (κ1) is 8.49. The minimum Gasteiger partial charge on any atom is -0.0838 e. The molecular weight excluding hydrogens is 236 g/mol. The van der Waals surface area contributed by atoms with E-state index in [1.807, 2.05) is 0 Å². The highest BCUT2D eigenvalue weighted by atomic mass is 79.9. The van der Waals surface area contributed by atoms with Gasteiger partial charge < -0.3 is 0 Å². The number of rotatable bonds is 0. The molecule has 0 bridgehead atoms. The van der Waals surface area contributed by atoms with Crippen LogP contribution < -0.4 is 0 Å². The van der Waals surface area contributed by atoms with Gasteiger partial charge in [0.25, 0.3) is 0 Å². The van der Waals surface area contributed by atoms with Crippen LogP contribution in [0.5, 0.6) is 0 Å². The highest BCUT2D eigenvalue weighted by Crippen LogP contribution is 2.41. The molecule has 0 spiro atoms. The van der Waals surface area contributed by atoms with Crippen molar-refractivity contribution in [2.45, 2.75) is 17.7 Å². The van der Waals surface area contributed by atoms with E-state index in [2.05, 4.69) is 52.3 Å². The van der Waals surface area contributed by atoms with E-state index < -0.39 is 0 Å². The summed E-state index contributed by atoms with van der Waals surface area (Å²) in [5, 5.41) is 2.78. The van der Waals surface area contributed by atoms with Crippen molar-refractivity contribution >= 4 is 26.7 Å². The first-order valence-electron chi connectivity index (χ1n) is 5.01. The minimum absolute atomic E-state index is 0.559. The average molecular weight is 247 g/mol. The van der Waals surface area contributed by atoms with Gasteiger partial charge in [0.1, 0.15) is 0 Å². The molecule has 0 aliphatic heterocycles. The number of benzene rings is 2. The fourth-order valence-corrected chi connectivity index (χ4v) is 3.12. The molecule has 1 atom stereocenters.